The van der Waals surface area contributed by atoms with Crippen molar-refractivity contribution in [3.05, 3.63) is 65.5 Å². The zero-order valence-corrected chi connectivity index (χ0v) is 16.0. The van der Waals surface area contributed by atoms with Crippen molar-refractivity contribution in [2.24, 2.45) is 0 Å². The summed E-state index contributed by atoms with van der Waals surface area (Å²) in [7, 11) is 2.04. The minimum Gasteiger partial charge on any atom is -0.394 e. The number of aryl methyl sites for hydroxylation is 1. The second kappa shape index (κ2) is 7.62. The Balaban J connectivity index is 1.62. The van der Waals surface area contributed by atoms with Crippen LogP contribution in [0.1, 0.15) is 23.2 Å². The number of nitrogens with zero attached hydrogens (tertiary/aromatic N) is 4. The van der Waals surface area contributed by atoms with Gasteiger partial charge in [0.2, 0.25) is 0 Å². The van der Waals surface area contributed by atoms with Gasteiger partial charge < -0.3 is 10.0 Å². The minimum atomic E-state index is 0.0792. The van der Waals surface area contributed by atoms with E-state index in [1.54, 1.807) is 0 Å². The summed E-state index contributed by atoms with van der Waals surface area (Å²) in [5, 5.41) is 11.0. The molecule has 0 radical (unpaired) electrons. The molecule has 0 saturated carbocycles. The number of fused-ring (bicyclic) bond motifs is 2. The van der Waals surface area contributed by atoms with E-state index in [0.717, 1.165) is 43.1 Å². The summed E-state index contributed by atoms with van der Waals surface area (Å²) >= 11 is 0. The summed E-state index contributed by atoms with van der Waals surface area (Å²) in [6.45, 7) is 4.76. The number of aromatic nitrogens is 2. The van der Waals surface area contributed by atoms with Gasteiger partial charge >= 0.3 is 0 Å². The molecule has 5 nitrogen and oxygen atoms in total. The minimum absolute atomic E-state index is 0.0792. The number of aliphatic hydroxyl groups is 1. The molecule has 1 aliphatic heterocycles. The average molecular weight is 362 g/mol. The Morgan fingerprint density at radius 3 is 2.89 bits per heavy atom. The highest BCUT2D eigenvalue weighted by molar-refractivity contribution is 5.78. The zero-order chi connectivity index (χ0) is 18.8. The third kappa shape index (κ3) is 3.80. The number of anilines is 1. The van der Waals surface area contributed by atoms with Gasteiger partial charge in [-0.2, -0.15) is 0 Å². The van der Waals surface area contributed by atoms with Gasteiger partial charge in [-0.15, -0.1) is 0 Å². The molecule has 1 N–H and O–H groups in total. The number of hydrogen-bond donors (Lipinski definition) is 1. The van der Waals surface area contributed by atoms with E-state index in [4.69, 9.17) is 4.98 Å². The lowest BCUT2D eigenvalue weighted by atomic mass is 10.1. The summed E-state index contributed by atoms with van der Waals surface area (Å²) in [4.78, 5) is 13.9. The van der Waals surface area contributed by atoms with Gasteiger partial charge in [-0.05, 0) is 37.1 Å². The average Bonchev–Trinajstić information content (AvgIpc) is 2.68. The number of pyridine rings is 2. The molecule has 1 unspecified atom stereocenters. The first kappa shape index (κ1) is 17.9. The first-order valence-electron chi connectivity index (χ1n) is 9.50. The Morgan fingerprint density at radius 2 is 2.04 bits per heavy atom. The molecule has 3 heterocycles. The molecule has 0 bridgehead atoms. The summed E-state index contributed by atoms with van der Waals surface area (Å²) in [6.07, 6.45) is 2.88. The van der Waals surface area contributed by atoms with Crippen LogP contribution in [0.25, 0.3) is 10.9 Å². The second-order valence-corrected chi connectivity index (χ2v) is 7.42. The van der Waals surface area contributed by atoms with Crippen molar-refractivity contribution >= 4 is 16.7 Å². The molecule has 0 amide bonds. The van der Waals surface area contributed by atoms with Crippen LogP contribution in [-0.2, 0) is 13.1 Å². The van der Waals surface area contributed by atoms with E-state index in [9.17, 15) is 5.11 Å². The first-order valence-corrected chi connectivity index (χ1v) is 9.50. The van der Waals surface area contributed by atoms with Crippen molar-refractivity contribution in [3.8, 4) is 0 Å². The molecule has 1 atom stereocenters. The van der Waals surface area contributed by atoms with Crippen LogP contribution in [-0.4, -0.2) is 46.2 Å². The highest BCUT2D eigenvalue weighted by Crippen LogP contribution is 2.26. The van der Waals surface area contributed by atoms with E-state index in [-0.39, 0.29) is 12.6 Å². The molecule has 5 heteroatoms. The summed E-state index contributed by atoms with van der Waals surface area (Å²) in [6, 6.07) is 14.8. The molecule has 1 aromatic carbocycles. The lowest BCUT2D eigenvalue weighted by Gasteiger charge is -2.35. The number of para-hydroxylation sites is 1. The Morgan fingerprint density at radius 1 is 1.19 bits per heavy atom. The fourth-order valence-corrected chi connectivity index (χ4v) is 3.83. The monoisotopic (exact) mass is 362 g/mol. The number of hydrogen-bond acceptors (Lipinski definition) is 5. The third-order valence-electron chi connectivity index (χ3n) is 5.41. The van der Waals surface area contributed by atoms with E-state index in [0.29, 0.717) is 0 Å². The Kier molecular flexibility index (Phi) is 5.05. The molecule has 0 fully saturated rings. The van der Waals surface area contributed by atoms with Crippen LogP contribution in [0.4, 0.5) is 5.82 Å². The normalized spacial score (nSPS) is 18.2. The van der Waals surface area contributed by atoms with Crippen LogP contribution in [0, 0.1) is 6.92 Å². The lowest BCUT2D eigenvalue weighted by Crippen LogP contribution is -2.41. The fourth-order valence-electron chi connectivity index (χ4n) is 3.83. The van der Waals surface area contributed by atoms with Crippen LogP contribution in [0.5, 0.6) is 0 Å². The SMILES string of the molecule is Cc1ccc2c(n1)N(C)C(CO)CCN(Cc1cnc3ccccc3c1)C2. The molecular formula is C22H26N4O. The first-order chi connectivity index (χ1) is 13.1. The van der Waals surface area contributed by atoms with Gasteiger partial charge in [0.1, 0.15) is 5.82 Å². The molecule has 3 aromatic rings. The third-order valence-corrected chi connectivity index (χ3v) is 5.41. The molecule has 0 saturated heterocycles. The number of likely N-dealkylation sites (N-methyl/N-ethyl adjacent to an activating group) is 1. The second-order valence-electron chi connectivity index (χ2n) is 7.42. The predicted molar refractivity (Wildman–Crippen MR) is 109 cm³/mol. The number of aliphatic hydroxyl groups excluding tert-OH is 1. The predicted octanol–water partition coefficient (Wildman–Crippen LogP) is 3.14. The van der Waals surface area contributed by atoms with E-state index >= 15 is 0 Å². The summed E-state index contributed by atoms with van der Waals surface area (Å²) < 4.78 is 0. The maximum absolute atomic E-state index is 9.87. The van der Waals surface area contributed by atoms with Gasteiger partial charge in [0.25, 0.3) is 0 Å². The molecule has 0 aliphatic carbocycles. The van der Waals surface area contributed by atoms with Gasteiger partial charge in [-0.25, -0.2) is 4.98 Å². The molecule has 27 heavy (non-hydrogen) atoms. The molecule has 4 rings (SSSR count). The van der Waals surface area contributed by atoms with Crippen molar-refractivity contribution in [2.75, 3.05) is 25.1 Å². The summed E-state index contributed by atoms with van der Waals surface area (Å²) in [5.74, 6) is 0.982. The van der Waals surface area contributed by atoms with Crippen LogP contribution >= 0.6 is 0 Å². The topological polar surface area (TPSA) is 52.5 Å². The molecule has 1 aliphatic rings. The molecule has 0 spiro atoms. The Bertz CT molecular complexity index is 942. The molecular weight excluding hydrogens is 336 g/mol. The van der Waals surface area contributed by atoms with Crippen LogP contribution < -0.4 is 4.90 Å². The zero-order valence-electron chi connectivity index (χ0n) is 16.0. The fraction of sp³-hybridized carbons (Fsp3) is 0.364. The number of benzene rings is 1. The molecule has 140 valence electrons. The van der Waals surface area contributed by atoms with Crippen molar-refractivity contribution in [3.63, 3.8) is 0 Å². The van der Waals surface area contributed by atoms with E-state index in [1.807, 2.05) is 32.3 Å². The maximum Gasteiger partial charge on any atom is 0.133 e. The van der Waals surface area contributed by atoms with Crippen molar-refractivity contribution in [2.45, 2.75) is 32.5 Å². The highest BCUT2D eigenvalue weighted by Gasteiger charge is 2.24. The quantitative estimate of drug-likeness (QED) is 0.776. The highest BCUT2D eigenvalue weighted by atomic mass is 16.3. The van der Waals surface area contributed by atoms with Crippen LogP contribution in [0.3, 0.4) is 0 Å². The van der Waals surface area contributed by atoms with E-state index < -0.39 is 0 Å². The Labute approximate surface area is 160 Å². The van der Waals surface area contributed by atoms with E-state index in [1.165, 1.54) is 16.5 Å². The van der Waals surface area contributed by atoms with Crippen molar-refractivity contribution < 1.29 is 5.11 Å². The van der Waals surface area contributed by atoms with Crippen molar-refractivity contribution in [1.29, 1.82) is 0 Å². The maximum atomic E-state index is 9.87. The van der Waals surface area contributed by atoms with Gasteiger partial charge in [0, 0.05) is 49.5 Å². The van der Waals surface area contributed by atoms with Gasteiger partial charge in [-0.3, -0.25) is 9.88 Å². The number of rotatable bonds is 3. The Hall–Kier alpha value is -2.50. The molecule has 2 aromatic heterocycles. The van der Waals surface area contributed by atoms with Gasteiger partial charge in [0.15, 0.2) is 0 Å². The smallest absolute Gasteiger partial charge is 0.133 e. The van der Waals surface area contributed by atoms with Crippen molar-refractivity contribution in [1.82, 2.24) is 14.9 Å². The van der Waals surface area contributed by atoms with Crippen LogP contribution in [0.15, 0.2) is 48.7 Å². The standard InChI is InChI=1S/C22H26N4O/c1-16-7-8-19-14-26(10-9-20(15-27)25(2)22(19)24-16)13-17-11-18-5-3-4-6-21(18)23-12-17/h3-8,11-12,20,27H,9-10,13-15H2,1-2H3. The lowest BCUT2D eigenvalue weighted by molar-refractivity contribution is 0.205. The van der Waals surface area contributed by atoms with Crippen LogP contribution in [0.2, 0.25) is 0 Å². The summed E-state index contributed by atoms with van der Waals surface area (Å²) in [5.41, 5.74) is 4.45. The van der Waals surface area contributed by atoms with Gasteiger partial charge in [-0.1, -0.05) is 24.3 Å². The van der Waals surface area contributed by atoms with Gasteiger partial charge in [0.05, 0.1) is 18.2 Å². The van der Waals surface area contributed by atoms with E-state index in [2.05, 4.69) is 45.1 Å². The largest absolute Gasteiger partial charge is 0.394 e.